The number of likely N-dealkylation sites (tertiary alicyclic amines) is 1. The Morgan fingerprint density at radius 1 is 1.14 bits per heavy atom. The molecule has 2 atom stereocenters. The lowest BCUT2D eigenvalue weighted by atomic mass is 9.75. The molecule has 0 saturated carbocycles. The van der Waals surface area contributed by atoms with E-state index < -0.39 is 0 Å². The van der Waals surface area contributed by atoms with Crippen molar-refractivity contribution in [2.45, 2.75) is 12.8 Å². The number of benzene rings is 1. The second-order valence-corrected chi connectivity index (χ2v) is 5.79. The summed E-state index contributed by atoms with van der Waals surface area (Å²) < 4.78 is 5.18. The molecule has 3 rings (SSSR count). The molecule has 1 aliphatic carbocycles. The monoisotopic (exact) mass is 297 g/mol. The molecular weight excluding hydrogens is 278 g/mol. The Balaban J connectivity index is 1.99. The predicted octanol–water partition coefficient (Wildman–Crippen LogP) is 2.66. The molecular formula is C18H19NO3. The topological polar surface area (TPSA) is 46.6 Å². The number of hydrogen-bond donors (Lipinski definition) is 0. The van der Waals surface area contributed by atoms with E-state index in [1.54, 1.807) is 14.2 Å². The second kappa shape index (κ2) is 5.44. The van der Waals surface area contributed by atoms with Crippen LogP contribution in [-0.2, 0) is 9.59 Å². The first-order valence-corrected chi connectivity index (χ1v) is 7.37. The highest BCUT2D eigenvalue weighted by Crippen LogP contribution is 2.44. The molecule has 4 nitrogen and oxygen atoms in total. The van der Waals surface area contributed by atoms with Crippen molar-refractivity contribution in [3.05, 3.63) is 48.1 Å². The van der Waals surface area contributed by atoms with Crippen LogP contribution < -0.4 is 4.74 Å². The summed E-state index contributed by atoms with van der Waals surface area (Å²) in [5.41, 5.74) is 3.22. The van der Waals surface area contributed by atoms with E-state index in [0.717, 1.165) is 22.5 Å². The van der Waals surface area contributed by atoms with E-state index in [4.69, 9.17) is 4.74 Å². The number of amides is 2. The molecule has 2 amide bonds. The second-order valence-electron chi connectivity index (χ2n) is 5.79. The van der Waals surface area contributed by atoms with Gasteiger partial charge >= 0.3 is 0 Å². The Labute approximate surface area is 130 Å². The van der Waals surface area contributed by atoms with Crippen molar-refractivity contribution in [3.63, 3.8) is 0 Å². The minimum Gasteiger partial charge on any atom is -0.497 e. The maximum atomic E-state index is 12.3. The van der Waals surface area contributed by atoms with Gasteiger partial charge in [-0.3, -0.25) is 14.5 Å². The van der Waals surface area contributed by atoms with Gasteiger partial charge < -0.3 is 4.74 Å². The molecule has 1 aromatic rings. The van der Waals surface area contributed by atoms with Crippen LogP contribution in [0.25, 0.3) is 5.57 Å². The lowest BCUT2D eigenvalue weighted by molar-refractivity contribution is -0.138. The van der Waals surface area contributed by atoms with Crippen molar-refractivity contribution >= 4 is 17.4 Å². The number of carbonyl (C=O) groups excluding carboxylic acids is 2. The first kappa shape index (κ1) is 14.6. The third kappa shape index (κ3) is 2.15. The van der Waals surface area contributed by atoms with Crippen molar-refractivity contribution in [2.24, 2.45) is 11.8 Å². The molecule has 1 fully saturated rings. The summed E-state index contributed by atoms with van der Waals surface area (Å²) in [6, 6.07) is 7.79. The molecule has 0 aromatic heterocycles. The molecule has 4 heteroatoms. The van der Waals surface area contributed by atoms with E-state index in [2.05, 4.69) is 6.58 Å². The molecule has 0 spiro atoms. The van der Waals surface area contributed by atoms with E-state index in [-0.39, 0.29) is 23.7 Å². The summed E-state index contributed by atoms with van der Waals surface area (Å²) in [7, 11) is 3.21. The van der Waals surface area contributed by atoms with Crippen molar-refractivity contribution in [2.75, 3.05) is 14.2 Å². The van der Waals surface area contributed by atoms with Crippen LogP contribution >= 0.6 is 0 Å². The van der Waals surface area contributed by atoms with Crippen LogP contribution in [0.5, 0.6) is 5.75 Å². The average molecular weight is 297 g/mol. The number of fused-ring (bicyclic) bond motifs is 1. The van der Waals surface area contributed by atoms with Crippen LogP contribution in [0.15, 0.2) is 42.5 Å². The molecule has 1 aliphatic heterocycles. The third-order valence-corrected chi connectivity index (χ3v) is 4.72. The highest BCUT2D eigenvalue weighted by Gasteiger charge is 2.48. The zero-order chi connectivity index (χ0) is 15.9. The van der Waals surface area contributed by atoms with E-state index in [1.807, 2.05) is 30.3 Å². The van der Waals surface area contributed by atoms with Gasteiger partial charge in [-0.15, -0.1) is 0 Å². The van der Waals surface area contributed by atoms with Crippen LogP contribution in [0.1, 0.15) is 18.4 Å². The minimum absolute atomic E-state index is 0.0656. The maximum absolute atomic E-state index is 12.3. The van der Waals surface area contributed by atoms with Crippen molar-refractivity contribution in [1.82, 2.24) is 4.90 Å². The maximum Gasteiger partial charge on any atom is 0.233 e. The summed E-state index contributed by atoms with van der Waals surface area (Å²) in [4.78, 5) is 25.7. The highest BCUT2D eigenvalue weighted by molar-refractivity contribution is 6.06. The van der Waals surface area contributed by atoms with Gasteiger partial charge in [0.05, 0.1) is 18.9 Å². The largest absolute Gasteiger partial charge is 0.497 e. The molecule has 0 unspecified atom stereocenters. The molecule has 0 bridgehead atoms. The van der Waals surface area contributed by atoms with Crippen molar-refractivity contribution < 1.29 is 14.3 Å². The number of carbonyl (C=O) groups is 2. The van der Waals surface area contributed by atoms with Gasteiger partial charge in [0.15, 0.2) is 0 Å². The predicted molar refractivity (Wildman–Crippen MR) is 84.1 cm³/mol. The Morgan fingerprint density at radius 2 is 1.73 bits per heavy atom. The van der Waals surface area contributed by atoms with Gasteiger partial charge in [0, 0.05) is 7.05 Å². The SMILES string of the molecule is C=CC1=C(c2ccc(OC)cc2)C[C@H]2C(=O)N(C)C(=O)[C@H]2C1. The number of ether oxygens (including phenoxy) is 1. The number of nitrogens with zero attached hydrogens (tertiary/aromatic N) is 1. The summed E-state index contributed by atoms with van der Waals surface area (Å²) in [6.07, 6.45) is 2.99. The van der Waals surface area contributed by atoms with Gasteiger partial charge in [0.25, 0.3) is 0 Å². The van der Waals surface area contributed by atoms with Gasteiger partial charge in [-0.05, 0) is 41.7 Å². The Hall–Kier alpha value is -2.36. The Morgan fingerprint density at radius 3 is 2.27 bits per heavy atom. The van der Waals surface area contributed by atoms with Crippen LogP contribution in [0.3, 0.4) is 0 Å². The zero-order valence-electron chi connectivity index (χ0n) is 12.8. The highest BCUT2D eigenvalue weighted by atomic mass is 16.5. The fourth-order valence-electron chi connectivity index (χ4n) is 3.42. The third-order valence-electron chi connectivity index (χ3n) is 4.72. The smallest absolute Gasteiger partial charge is 0.233 e. The summed E-state index contributed by atoms with van der Waals surface area (Å²) >= 11 is 0. The lowest BCUT2D eigenvalue weighted by Gasteiger charge is -2.26. The number of imide groups is 1. The number of hydrogen-bond acceptors (Lipinski definition) is 3. The van der Waals surface area contributed by atoms with Gasteiger partial charge in [-0.1, -0.05) is 24.8 Å². The van der Waals surface area contributed by atoms with Gasteiger partial charge in [-0.25, -0.2) is 0 Å². The Kier molecular flexibility index (Phi) is 3.61. The standard InChI is InChI=1S/C18H19NO3/c1-4-11-9-15-16(18(21)19(2)17(15)20)10-14(11)12-5-7-13(22-3)8-6-12/h4-8,15-16H,1,9-10H2,2-3H3/t15-,16+/m0/s1. The van der Waals surface area contributed by atoms with Crippen molar-refractivity contribution in [3.8, 4) is 5.75 Å². The molecule has 0 radical (unpaired) electrons. The average Bonchev–Trinajstić information content (AvgIpc) is 2.78. The van der Waals surface area contributed by atoms with Gasteiger partial charge in [-0.2, -0.15) is 0 Å². The lowest BCUT2D eigenvalue weighted by Crippen LogP contribution is -2.26. The summed E-state index contributed by atoms with van der Waals surface area (Å²) in [6.45, 7) is 3.88. The first-order valence-electron chi connectivity index (χ1n) is 7.37. The summed E-state index contributed by atoms with van der Waals surface area (Å²) in [5, 5.41) is 0. The normalized spacial score (nSPS) is 24.5. The zero-order valence-corrected chi connectivity index (χ0v) is 12.8. The molecule has 22 heavy (non-hydrogen) atoms. The molecule has 1 heterocycles. The van der Waals surface area contributed by atoms with Crippen molar-refractivity contribution in [1.29, 1.82) is 0 Å². The fraction of sp³-hybridized carbons (Fsp3) is 0.333. The minimum atomic E-state index is -0.238. The van der Waals surface area contributed by atoms with Crippen LogP contribution in [0, 0.1) is 11.8 Å². The first-order chi connectivity index (χ1) is 10.6. The van der Waals surface area contributed by atoms with Gasteiger partial charge in [0.1, 0.15) is 5.75 Å². The van der Waals surface area contributed by atoms with Crippen LogP contribution in [-0.4, -0.2) is 30.9 Å². The van der Waals surface area contributed by atoms with E-state index >= 15 is 0 Å². The number of allylic oxidation sites excluding steroid dienone is 3. The molecule has 1 saturated heterocycles. The molecule has 2 aliphatic rings. The number of rotatable bonds is 3. The summed E-state index contributed by atoms with van der Waals surface area (Å²) in [5.74, 6) is 0.197. The fourth-order valence-corrected chi connectivity index (χ4v) is 3.42. The quantitative estimate of drug-likeness (QED) is 0.806. The van der Waals surface area contributed by atoms with E-state index in [0.29, 0.717) is 12.8 Å². The van der Waals surface area contributed by atoms with Crippen LogP contribution in [0.2, 0.25) is 0 Å². The number of methoxy groups -OCH3 is 1. The molecule has 114 valence electrons. The Bertz CT molecular complexity index is 672. The molecule has 0 N–H and O–H groups in total. The molecule has 1 aromatic carbocycles. The van der Waals surface area contributed by atoms with Crippen LogP contribution in [0.4, 0.5) is 0 Å². The van der Waals surface area contributed by atoms with E-state index in [1.165, 1.54) is 4.90 Å². The van der Waals surface area contributed by atoms with E-state index in [9.17, 15) is 9.59 Å². The van der Waals surface area contributed by atoms with Gasteiger partial charge in [0.2, 0.25) is 11.8 Å².